The van der Waals surface area contributed by atoms with E-state index < -0.39 is 0 Å². The van der Waals surface area contributed by atoms with Crippen molar-refractivity contribution in [3.63, 3.8) is 0 Å². The first kappa shape index (κ1) is 31.3. The van der Waals surface area contributed by atoms with Gasteiger partial charge in [0.15, 0.2) is 0 Å². The zero-order chi connectivity index (χ0) is 5.54. The summed E-state index contributed by atoms with van der Waals surface area (Å²) in [7, 11) is 0. The number of hydrogen-bond donors (Lipinski definition) is 0. The van der Waals surface area contributed by atoms with Crippen molar-refractivity contribution in [2.45, 2.75) is 6.42 Å². The maximum Gasteiger partial charge on any atom is 2.00 e. The first-order valence-electron chi connectivity index (χ1n) is 2.01. The fourth-order valence-corrected chi connectivity index (χ4v) is 0.340. The van der Waals surface area contributed by atoms with E-state index in [1.165, 1.54) is 0 Å². The summed E-state index contributed by atoms with van der Waals surface area (Å²) >= 11 is 0. The van der Waals surface area contributed by atoms with Gasteiger partial charge in [-0.3, -0.25) is 6.08 Å². The largest absolute Gasteiger partial charge is 2.00 e. The van der Waals surface area contributed by atoms with Gasteiger partial charge in [-0.25, -0.2) is 12.2 Å². The molecule has 0 fully saturated rings. The molecule has 0 spiro atoms. The van der Waals surface area contributed by atoms with E-state index >= 15 is 0 Å². The van der Waals surface area contributed by atoms with Crippen molar-refractivity contribution in [2.24, 2.45) is 0 Å². The van der Waals surface area contributed by atoms with Gasteiger partial charge in [0, 0.05) is 0 Å². The van der Waals surface area contributed by atoms with Crippen molar-refractivity contribution < 1.29 is 31.0 Å². The third-order valence-electron chi connectivity index (χ3n) is 0.586. The van der Waals surface area contributed by atoms with Crippen LogP contribution in [0.15, 0.2) is 18.2 Å². The number of halogens is 2. The summed E-state index contributed by atoms with van der Waals surface area (Å²) in [6.45, 7) is 2.00. The van der Waals surface area contributed by atoms with E-state index in [9.17, 15) is 0 Å². The van der Waals surface area contributed by atoms with Gasteiger partial charge >= 0.3 is 16.8 Å². The Hall–Kier alpha value is -0.484. The quantitative estimate of drug-likeness (QED) is 0.366. The molecule has 1 radical (unpaired) electrons. The van der Waals surface area contributed by atoms with Crippen LogP contribution in [-0.4, -0.2) is 6.79 Å². The standard InChI is InChI=1S/C5H5.CH2O.CH3.Co.2FH/c1-2-4-5-3-1;1-2;;;;/h1-3H,4H2;1H2;1H3;;2*1H/q-1;;-1;+2;;/p-2. The molecule has 0 unspecified atom stereocenters. The Morgan fingerprint density at radius 2 is 1.73 bits per heavy atom. The van der Waals surface area contributed by atoms with Gasteiger partial charge in [-0.1, -0.05) is 0 Å². The first-order chi connectivity index (χ1) is 3.50. The van der Waals surface area contributed by atoms with Crippen molar-refractivity contribution >= 4 is 6.79 Å². The molecular formula is C7H10CoF2O-2. The molecule has 0 aromatic rings. The SMILES string of the molecule is C=O.[C-]1=CC=CC1.[CH3-].[Co+2].[F-].[F-]. The minimum Gasteiger partial charge on any atom is -1.00 e. The second-order valence-electron chi connectivity index (χ2n) is 1.00. The predicted octanol–water partition coefficient (Wildman–Crippen LogP) is -4.42. The maximum atomic E-state index is 8.00. The molecule has 0 N–H and O–H groups in total. The Bertz CT molecular complexity index is 84.4. The molecule has 0 saturated carbocycles. The summed E-state index contributed by atoms with van der Waals surface area (Å²) in [5.41, 5.74) is 0. The van der Waals surface area contributed by atoms with Crippen molar-refractivity contribution in [1.82, 2.24) is 0 Å². The summed E-state index contributed by atoms with van der Waals surface area (Å²) in [6.07, 6.45) is 10.0. The number of carbonyl (C=O) groups excluding carboxylic acids is 1. The number of hydrogen-bond acceptors (Lipinski definition) is 1. The summed E-state index contributed by atoms with van der Waals surface area (Å²) in [5, 5.41) is 0. The normalized spacial score (nSPS) is 8.36. The Morgan fingerprint density at radius 3 is 1.82 bits per heavy atom. The Morgan fingerprint density at radius 1 is 1.27 bits per heavy atom. The van der Waals surface area contributed by atoms with Crippen molar-refractivity contribution in [1.29, 1.82) is 0 Å². The third kappa shape index (κ3) is 26.4. The van der Waals surface area contributed by atoms with Gasteiger partial charge in [0.05, 0.1) is 0 Å². The topological polar surface area (TPSA) is 17.1 Å². The van der Waals surface area contributed by atoms with Crippen LogP contribution in [0.5, 0.6) is 0 Å². The molecule has 0 aromatic heterocycles. The van der Waals surface area contributed by atoms with Gasteiger partial charge < -0.3 is 21.6 Å². The van der Waals surface area contributed by atoms with E-state index in [0.29, 0.717) is 0 Å². The fourth-order valence-electron chi connectivity index (χ4n) is 0.340. The van der Waals surface area contributed by atoms with E-state index in [1.54, 1.807) is 0 Å². The monoisotopic (exact) mass is 207 g/mol. The molecule has 1 aliphatic rings. The Labute approximate surface area is 76.5 Å². The number of carbonyl (C=O) groups is 1. The molecule has 0 atom stereocenters. The summed E-state index contributed by atoms with van der Waals surface area (Å²) < 4.78 is 0. The van der Waals surface area contributed by atoms with Gasteiger partial charge in [-0.2, -0.15) is 6.08 Å². The van der Waals surface area contributed by atoms with Crippen molar-refractivity contribution in [3.05, 3.63) is 31.7 Å². The minimum absolute atomic E-state index is 0. The molecular weight excluding hydrogens is 197 g/mol. The second-order valence-corrected chi connectivity index (χ2v) is 1.00. The summed E-state index contributed by atoms with van der Waals surface area (Å²) in [4.78, 5) is 8.00. The van der Waals surface area contributed by atoms with E-state index in [0.717, 1.165) is 6.42 Å². The van der Waals surface area contributed by atoms with Crippen LogP contribution in [0.25, 0.3) is 0 Å². The summed E-state index contributed by atoms with van der Waals surface area (Å²) in [6, 6.07) is 0. The molecule has 1 rings (SSSR count). The maximum absolute atomic E-state index is 8.00. The Kier molecular flexibility index (Phi) is 96.3. The number of allylic oxidation sites excluding steroid dienone is 4. The zero-order valence-electron chi connectivity index (χ0n) is 6.14. The molecule has 0 bridgehead atoms. The van der Waals surface area contributed by atoms with Crippen molar-refractivity contribution in [3.8, 4) is 0 Å². The fraction of sp³-hybridized carbons (Fsp3) is 0.143. The average Bonchev–Trinajstić information content (AvgIpc) is 2.23. The molecule has 0 aromatic carbocycles. The zero-order valence-corrected chi connectivity index (χ0v) is 7.18. The van der Waals surface area contributed by atoms with Gasteiger partial charge in [0.25, 0.3) is 0 Å². The van der Waals surface area contributed by atoms with Crippen LogP contribution >= 0.6 is 0 Å². The molecule has 1 aliphatic carbocycles. The van der Waals surface area contributed by atoms with Gasteiger partial charge in [0.1, 0.15) is 6.79 Å². The molecule has 0 heterocycles. The van der Waals surface area contributed by atoms with E-state index in [1.807, 2.05) is 18.9 Å². The molecule has 1 nitrogen and oxygen atoms in total. The Balaban J connectivity index is -0.0000000189. The molecule has 69 valence electrons. The molecule has 11 heavy (non-hydrogen) atoms. The third-order valence-corrected chi connectivity index (χ3v) is 0.586. The average molecular weight is 207 g/mol. The van der Waals surface area contributed by atoms with Gasteiger partial charge in [-0.15, -0.1) is 6.42 Å². The van der Waals surface area contributed by atoms with Crippen molar-refractivity contribution in [2.75, 3.05) is 0 Å². The van der Waals surface area contributed by atoms with E-state index in [2.05, 4.69) is 12.2 Å². The predicted molar refractivity (Wildman–Crippen MR) is 35.1 cm³/mol. The van der Waals surface area contributed by atoms with Crippen LogP contribution in [-0.2, 0) is 21.6 Å². The van der Waals surface area contributed by atoms with E-state index in [4.69, 9.17) is 4.79 Å². The molecule has 0 amide bonds. The van der Waals surface area contributed by atoms with E-state index in [-0.39, 0.29) is 33.6 Å². The van der Waals surface area contributed by atoms with Gasteiger partial charge in [-0.05, 0) is 0 Å². The molecule has 0 aliphatic heterocycles. The van der Waals surface area contributed by atoms with Crippen LogP contribution in [0.1, 0.15) is 6.42 Å². The van der Waals surface area contributed by atoms with Gasteiger partial charge in [0.2, 0.25) is 0 Å². The van der Waals surface area contributed by atoms with Crippen LogP contribution in [0.3, 0.4) is 0 Å². The second kappa shape index (κ2) is 33.8. The van der Waals surface area contributed by atoms with Crippen LogP contribution < -0.4 is 9.41 Å². The number of rotatable bonds is 0. The first-order valence-corrected chi connectivity index (χ1v) is 2.01. The van der Waals surface area contributed by atoms with Crippen LogP contribution in [0.4, 0.5) is 0 Å². The summed E-state index contributed by atoms with van der Waals surface area (Å²) in [5.74, 6) is 0. The van der Waals surface area contributed by atoms with Crippen LogP contribution in [0, 0.1) is 13.5 Å². The molecule has 4 heteroatoms. The molecule has 0 saturated heterocycles. The minimum atomic E-state index is 0. The smallest absolute Gasteiger partial charge is 1.00 e. The van der Waals surface area contributed by atoms with Crippen LogP contribution in [0.2, 0.25) is 0 Å².